The summed E-state index contributed by atoms with van der Waals surface area (Å²) in [5.74, 6) is 0.279. The lowest BCUT2D eigenvalue weighted by molar-refractivity contribution is 1.20. The molecule has 0 aliphatic rings. The van der Waals surface area contributed by atoms with E-state index in [0.29, 0.717) is 10.7 Å². The van der Waals surface area contributed by atoms with Crippen molar-refractivity contribution in [3.05, 3.63) is 64.9 Å². The van der Waals surface area contributed by atoms with Crippen molar-refractivity contribution in [2.45, 2.75) is 0 Å². The summed E-state index contributed by atoms with van der Waals surface area (Å²) in [6, 6.07) is 12.7. The van der Waals surface area contributed by atoms with Crippen LogP contribution >= 0.6 is 11.6 Å². The zero-order chi connectivity index (χ0) is 12.8. The van der Waals surface area contributed by atoms with Gasteiger partial charge in [-0.15, -0.1) is 5.10 Å². The van der Waals surface area contributed by atoms with Crippen LogP contribution in [0.5, 0.6) is 0 Å². The molecule has 0 bridgehead atoms. The highest BCUT2D eigenvalue weighted by Crippen LogP contribution is 2.07. The molecule has 5 heteroatoms. The van der Waals surface area contributed by atoms with Crippen LogP contribution in [0.4, 0.5) is 0 Å². The van der Waals surface area contributed by atoms with Gasteiger partial charge in [0.15, 0.2) is 5.84 Å². The zero-order valence-electron chi connectivity index (χ0n) is 9.49. The fraction of sp³-hybridized carbons (Fsp3) is 0. The number of nitrogens with zero attached hydrogens (tertiary/aromatic N) is 3. The number of halogens is 1. The molecular weight excluding hydrogens is 248 g/mol. The molecule has 18 heavy (non-hydrogen) atoms. The van der Waals surface area contributed by atoms with Gasteiger partial charge in [-0.05, 0) is 29.8 Å². The number of hydrogen-bond acceptors (Lipinski definition) is 3. The molecule has 0 atom stereocenters. The summed E-state index contributed by atoms with van der Waals surface area (Å²) in [5, 5.41) is 8.47. The van der Waals surface area contributed by atoms with E-state index in [1.165, 1.54) is 0 Å². The van der Waals surface area contributed by atoms with Crippen molar-refractivity contribution in [3.8, 4) is 0 Å². The second-order valence-electron chi connectivity index (χ2n) is 3.50. The van der Waals surface area contributed by atoms with E-state index in [-0.39, 0.29) is 5.84 Å². The van der Waals surface area contributed by atoms with E-state index in [9.17, 15) is 0 Å². The quantitative estimate of drug-likeness (QED) is 0.522. The van der Waals surface area contributed by atoms with E-state index in [1.54, 1.807) is 30.6 Å². The molecule has 2 aromatic rings. The molecule has 0 aliphatic carbocycles. The summed E-state index contributed by atoms with van der Waals surface area (Å²) in [5.41, 5.74) is 7.24. The van der Waals surface area contributed by atoms with Crippen LogP contribution in [0.25, 0.3) is 0 Å². The molecule has 0 aliphatic heterocycles. The lowest BCUT2D eigenvalue weighted by atomic mass is 10.2. The highest BCUT2D eigenvalue weighted by molar-refractivity contribution is 6.30. The summed E-state index contributed by atoms with van der Waals surface area (Å²) < 4.78 is 0. The SMILES string of the molecule is N/C(=N/N=C/c1ccc(Cl)cc1)c1ccccn1. The average Bonchev–Trinajstić information content (AvgIpc) is 2.42. The molecule has 90 valence electrons. The van der Waals surface area contributed by atoms with Crippen LogP contribution < -0.4 is 5.73 Å². The van der Waals surface area contributed by atoms with E-state index in [2.05, 4.69) is 15.2 Å². The van der Waals surface area contributed by atoms with Gasteiger partial charge in [-0.1, -0.05) is 29.8 Å². The van der Waals surface area contributed by atoms with Crippen LogP contribution in [0, 0.1) is 0 Å². The predicted molar refractivity (Wildman–Crippen MR) is 74.0 cm³/mol. The Morgan fingerprint density at radius 1 is 1.17 bits per heavy atom. The predicted octanol–water partition coefficient (Wildman–Crippen LogP) is 2.47. The standard InChI is InChI=1S/C13H11ClN4/c14-11-6-4-10(5-7-11)9-17-18-13(15)12-3-1-2-8-16-12/h1-9H,(H2,15,18)/b17-9+. The maximum absolute atomic E-state index is 5.78. The van der Waals surface area contributed by atoms with Crippen LogP contribution in [0.3, 0.4) is 0 Å². The van der Waals surface area contributed by atoms with Gasteiger partial charge in [-0.2, -0.15) is 5.10 Å². The van der Waals surface area contributed by atoms with Gasteiger partial charge in [-0.3, -0.25) is 4.98 Å². The van der Waals surface area contributed by atoms with Crippen LogP contribution in [-0.4, -0.2) is 17.0 Å². The van der Waals surface area contributed by atoms with E-state index in [0.717, 1.165) is 5.56 Å². The van der Waals surface area contributed by atoms with Crippen LogP contribution in [0.2, 0.25) is 5.02 Å². The fourth-order valence-corrected chi connectivity index (χ4v) is 1.40. The first-order valence-corrected chi connectivity index (χ1v) is 5.67. The van der Waals surface area contributed by atoms with E-state index < -0.39 is 0 Å². The third-order valence-electron chi connectivity index (χ3n) is 2.17. The Balaban J connectivity index is 2.08. The Bertz CT molecular complexity index is 561. The molecule has 4 nitrogen and oxygen atoms in total. The molecule has 0 fully saturated rings. The van der Waals surface area contributed by atoms with Crippen LogP contribution in [-0.2, 0) is 0 Å². The van der Waals surface area contributed by atoms with Crippen molar-refractivity contribution in [1.29, 1.82) is 0 Å². The van der Waals surface area contributed by atoms with Gasteiger partial charge in [0.25, 0.3) is 0 Å². The second-order valence-corrected chi connectivity index (χ2v) is 3.93. The summed E-state index contributed by atoms with van der Waals surface area (Å²) in [4.78, 5) is 4.07. The van der Waals surface area contributed by atoms with Gasteiger partial charge in [0.1, 0.15) is 5.69 Å². The third-order valence-corrected chi connectivity index (χ3v) is 2.42. The molecule has 1 aromatic carbocycles. The Morgan fingerprint density at radius 2 is 1.94 bits per heavy atom. The fourth-order valence-electron chi connectivity index (χ4n) is 1.27. The smallest absolute Gasteiger partial charge is 0.171 e. The van der Waals surface area contributed by atoms with Crippen LogP contribution in [0.15, 0.2) is 58.9 Å². The first-order chi connectivity index (χ1) is 8.75. The molecule has 2 N–H and O–H groups in total. The van der Waals surface area contributed by atoms with Gasteiger partial charge < -0.3 is 5.73 Å². The highest BCUT2D eigenvalue weighted by Gasteiger charge is 1.96. The van der Waals surface area contributed by atoms with Crippen molar-refractivity contribution in [3.63, 3.8) is 0 Å². The second kappa shape index (κ2) is 5.93. The van der Waals surface area contributed by atoms with Crippen molar-refractivity contribution in [2.24, 2.45) is 15.9 Å². The van der Waals surface area contributed by atoms with Crippen molar-refractivity contribution < 1.29 is 0 Å². The van der Waals surface area contributed by atoms with Gasteiger partial charge in [0.2, 0.25) is 0 Å². The van der Waals surface area contributed by atoms with Crippen molar-refractivity contribution in [2.75, 3.05) is 0 Å². The number of nitrogens with two attached hydrogens (primary N) is 1. The summed E-state index contributed by atoms with van der Waals surface area (Å²) >= 11 is 5.78. The summed E-state index contributed by atoms with van der Waals surface area (Å²) in [7, 11) is 0. The van der Waals surface area contributed by atoms with E-state index >= 15 is 0 Å². The Labute approximate surface area is 110 Å². The van der Waals surface area contributed by atoms with Crippen molar-refractivity contribution in [1.82, 2.24) is 4.98 Å². The number of aromatic nitrogens is 1. The maximum Gasteiger partial charge on any atom is 0.171 e. The average molecular weight is 259 g/mol. The van der Waals surface area contributed by atoms with Gasteiger partial charge in [0.05, 0.1) is 6.21 Å². The lowest BCUT2D eigenvalue weighted by Gasteiger charge is -1.95. The number of pyridine rings is 1. The molecule has 0 saturated heterocycles. The lowest BCUT2D eigenvalue weighted by Crippen LogP contribution is -2.14. The number of amidine groups is 1. The molecule has 0 unspecified atom stereocenters. The third kappa shape index (κ3) is 3.40. The van der Waals surface area contributed by atoms with E-state index in [1.807, 2.05) is 24.3 Å². The van der Waals surface area contributed by atoms with Crippen molar-refractivity contribution >= 4 is 23.7 Å². The minimum atomic E-state index is 0.279. The number of benzene rings is 1. The molecular formula is C13H11ClN4. The van der Waals surface area contributed by atoms with Gasteiger partial charge in [0, 0.05) is 11.2 Å². The highest BCUT2D eigenvalue weighted by atomic mass is 35.5. The van der Waals surface area contributed by atoms with Gasteiger partial charge in [-0.25, -0.2) is 0 Å². The summed E-state index contributed by atoms with van der Waals surface area (Å²) in [6.07, 6.45) is 3.26. The molecule has 0 spiro atoms. The van der Waals surface area contributed by atoms with Crippen LogP contribution in [0.1, 0.15) is 11.3 Å². The molecule has 1 aromatic heterocycles. The van der Waals surface area contributed by atoms with E-state index in [4.69, 9.17) is 17.3 Å². The number of rotatable bonds is 3. The zero-order valence-corrected chi connectivity index (χ0v) is 10.2. The normalized spacial score (nSPS) is 11.9. The Hall–Kier alpha value is -2.20. The molecule has 2 rings (SSSR count). The Morgan fingerprint density at radius 3 is 2.61 bits per heavy atom. The first-order valence-electron chi connectivity index (χ1n) is 5.29. The Kier molecular flexibility index (Phi) is 4.04. The molecule has 0 saturated carbocycles. The summed E-state index contributed by atoms with van der Waals surface area (Å²) in [6.45, 7) is 0. The van der Waals surface area contributed by atoms with Gasteiger partial charge >= 0.3 is 0 Å². The molecule has 0 amide bonds. The monoisotopic (exact) mass is 258 g/mol. The maximum atomic E-state index is 5.78. The minimum absolute atomic E-state index is 0.279. The topological polar surface area (TPSA) is 63.6 Å². The minimum Gasteiger partial charge on any atom is -0.380 e. The molecule has 0 radical (unpaired) electrons. The first kappa shape index (κ1) is 12.3. The number of hydrogen-bond donors (Lipinski definition) is 1. The molecule has 1 heterocycles. The largest absolute Gasteiger partial charge is 0.380 e.